The fourth-order valence-corrected chi connectivity index (χ4v) is 4.34. The van der Waals surface area contributed by atoms with Gasteiger partial charge in [-0.1, -0.05) is 18.5 Å². The molecule has 0 saturated carbocycles. The van der Waals surface area contributed by atoms with Crippen molar-refractivity contribution in [3.8, 4) is 0 Å². The maximum absolute atomic E-state index is 12.7. The minimum atomic E-state index is -0.154. The average Bonchev–Trinajstić information content (AvgIpc) is 3.21. The van der Waals surface area contributed by atoms with Crippen molar-refractivity contribution in [2.75, 3.05) is 31.5 Å². The number of nitrogens with one attached hydrogen (secondary N) is 1. The summed E-state index contributed by atoms with van der Waals surface area (Å²) in [5.41, 5.74) is 0. The van der Waals surface area contributed by atoms with Crippen LogP contribution in [0.15, 0.2) is 10.6 Å². The standard InChI is InChI=1S/C20H31N7O2/c1-3-16(20(28)21-17-13-15(2)29-24-17)26-11-9-25(10-12-26)14-19-23-22-18-7-5-4-6-8-27(18)19/h13,16H,3-12,14H2,1-2H3,(H,21,24,28). The minimum Gasteiger partial charge on any atom is -0.360 e. The van der Waals surface area contributed by atoms with Gasteiger partial charge in [-0.15, -0.1) is 10.2 Å². The maximum atomic E-state index is 12.7. The number of aryl methyl sites for hydroxylation is 2. The van der Waals surface area contributed by atoms with E-state index in [1.165, 1.54) is 19.3 Å². The van der Waals surface area contributed by atoms with Gasteiger partial charge >= 0.3 is 0 Å². The van der Waals surface area contributed by atoms with E-state index in [1.807, 2.05) is 6.92 Å². The van der Waals surface area contributed by atoms with Crippen LogP contribution in [0.2, 0.25) is 0 Å². The van der Waals surface area contributed by atoms with Crippen LogP contribution in [0.3, 0.4) is 0 Å². The molecule has 1 saturated heterocycles. The highest BCUT2D eigenvalue weighted by molar-refractivity contribution is 5.94. The first-order chi connectivity index (χ1) is 14.1. The molecule has 1 N–H and O–H groups in total. The van der Waals surface area contributed by atoms with Gasteiger partial charge in [-0.2, -0.15) is 0 Å². The lowest BCUT2D eigenvalue weighted by atomic mass is 10.1. The Bertz CT molecular complexity index is 823. The highest BCUT2D eigenvalue weighted by Crippen LogP contribution is 2.18. The second-order valence-electron chi connectivity index (χ2n) is 8.04. The molecule has 1 atom stereocenters. The SMILES string of the molecule is CCC(C(=O)Nc1cc(C)on1)N1CCN(Cc2nnc3n2CCCCC3)CC1. The third kappa shape index (κ3) is 4.67. The Labute approximate surface area is 171 Å². The van der Waals surface area contributed by atoms with Crippen LogP contribution >= 0.6 is 0 Å². The predicted molar refractivity (Wildman–Crippen MR) is 108 cm³/mol. The van der Waals surface area contributed by atoms with Gasteiger partial charge in [0.2, 0.25) is 5.91 Å². The molecule has 9 heteroatoms. The molecule has 0 bridgehead atoms. The zero-order chi connectivity index (χ0) is 20.2. The Morgan fingerprint density at radius 2 is 2.00 bits per heavy atom. The van der Waals surface area contributed by atoms with Crippen molar-refractivity contribution in [2.45, 2.75) is 65.1 Å². The zero-order valence-electron chi connectivity index (χ0n) is 17.4. The van der Waals surface area contributed by atoms with Gasteiger partial charge in [0.1, 0.15) is 17.4 Å². The fourth-order valence-electron chi connectivity index (χ4n) is 4.34. The third-order valence-electron chi connectivity index (χ3n) is 5.97. The van der Waals surface area contributed by atoms with Gasteiger partial charge in [0, 0.05) is 45.2 Å². The molecule has 158 valence electrons. The summed E-state index contributed by atoms with van der Waals surface area (Å²) in [4.78, 5) is 17.4. The van der Waals surface area contributed by atoms with Crippen molar-refractivity contribution in [3.05, 3.63) is 23.5 Å². The second-order valence-corrected chi connectivity index (χ2v) is 8.04. The summed E-state index contributed by atoms with van der Waals surface area (Å²) in [6.07, 6.45) is 5.50. The van der Waals surface area contributed by atoms with Crippen molar-refractivity contribution < 1.29 is 9.32 Å². The Balaban J connectivity index is 1.31. The topological polar surface area (TPSA) is 92.3 Å². The summed E-state index contributed by atoms with van der Waals surface area (Å²) >= 11 is 0. The van der Waals surface area contributed by atoms with Crippen LogP contribution in [0.5, 0.6) is 0 Å². The van der Waals surface area contributed by atoms with Gasteiger partial charge in [0.15, 0.2) is 5.82 Å². The molecule has 1 fully saturated rings. The van der Waals surface area contributed by atoms with Crippen molar-refractivity contribution in [1.29, 1.82) is 0 Å². The lowest BCUT2D eigenvalue weighted by Crippen LogP contribution is -2.53. The molecule has 0 aromatic carbocycles. The van der Waals surface area contributed by atoms with Crippen LogP contribution < -0.4 is 5.32 Å². The molecule has 4 rings (SSSR count). The van der Waals surface area contributed by atoms with E-state index in [-0.39, 0.29) is 11.9 Å². The lowest BCUT2D eigenvalue weighted by molar-refractivity contribution is -0.122. The first-order valence-electron chi connectivity index (χ1n) is 10.8. The van der Waals surface area contributed by atoms with E-state index >= 15 is 0 Å². The first-order valence-corrected chi connectivity index (χ1v) is 10.8. The normalized spacial score (nSPS) is 19.5. The molecular formula is C20H31N7O2. The Hall–Kier alpha value is -2.26. The number of hydrogen-bond acceptors (Lipinski definition) is 7. The molecule has 0 radical (unpaired) electrons. The largest absolute Gasteiger partial charge is 0.360 e. The van der Waals surface area contributed by atoms with Gasteiger partial charge in [-0.25, -0.2) is 0 Å². The number of hydrogen-bond donors (Lipinski definition) is 1. The molecule has 2 aliphatic heterocycles. The minimum absolute atomic E-state index is 0.0166. The summed E-state index contributed by atoms with van der Waals surface area (Å²) in [7, 11) is 0. The van der Waals surface area contributed by atoms with E-state index in [0.717, 1.165) is 63.8 Å². The number of carbonyl (C=O) groups excluding carboxylic acids is 1. The van der Waals surface area contributed by atoms with Crippen molar-refractivity contribution >= 4 is 11.7 Å². The second kappa shape index (κ2) is 9.04. The predicted octanol–water partition coefficient (Wildman–Crippen LogP) is 1.84. The third-order valence-corrected chi connectivity index (χ3v) is 5.97. The number of rotatable bonds is 6. The van der Waals surface area contributed by atoms with E-state index in [9.17, 15) is 4.79 Å². The molecule has 29 heavy (non-hydrogen) atoms. The molecular weight excluding hydrogens is 370 g/mol. The van der Waals surface area contributed by atoms with Crippen molar-refractivity contribution in [2.24, 2.45) is 0 Å². The number of piperazine rings is 1. The fraction of sp³-hybridized carbons (Fsp3) is 0.700. The molecule has 4 heterocycles. The molecule has 2 aliphatic rings. The molecule has 0 spiro atoms. The Kier molecular flexibility index (Phi) is 6.25. The van der Waals surface area contributed by atoms with E-state index in [2.05, 4.69) is 42.0 Å². The summed E-state index contributed by atoms with van der Waals surface area (Å²) in [5, 5.41) is 15.6. The molecule has 1 unspecified atom stereocenters. The Morgan fingerprint density at radius 1 is 1.17 bits per heavy atom. The van der Waals surface area contributed by atoms with E-state index in [0.29, 0.717) is 11.6 Å². The van der Waals surface area contributed by atoms with Crippen molar-refractivity contribution in [3.63, 3.8) is 0 Å². The van der Waals surface area contributed by atoms with Gasteiger partial charge in [0.25, 0.3) is 0 Å². The summed E-state index contributed by atoms with van der Waals surface area (Å²) < 4.78 is 7.36. The Morgan fingerprint density at radius 3 is 2.72 bits per heavy atom. The number of fused-ring (bicyclic) bond motifs is 1. The van der Waals surface area contributed by atoms with Crippen molar-refractivity contribution in [1.82, 2.24) is 29.7 Å². The van der Waals surface area contributed by atoms with E-state index in [4.69, 9.17) is 4.52 Å². The van der Waals surface area contributed by atoms with E-state index < -0.39 is 0 Å². The first kappa shape index (κ1) is 20.0. The highest BCUT2D eigenvalue weighted by Gasteiger charge is 2.29. The summed E-state index contributed by atoms with van der Waals surface area (Å²) in [6, 6.07) is 1.59. The van der Waals surface area contributed by atoms with Crippen LogP contribution in [0.1, 0.15) is 50.0 Å². The number of carbonyl (C=O) groups is 1. The van der Waals surface area contributed by atoms with E-state index in [1.54, 1.807) is 6.07 Å². The molecule has 1 amide bonds. The molecule has 2 aromatic rings. The zero-order valence-corrected chi connectivity index (χ0v) is 17.4. The van der Waals surface area contributed by atoms with Crippen LogP contribution in [-0.2, 0) is 24.3 Å². The molecule has 9 nitrogen and oxygen atoms in total. The molecule has 0 aliphatic carbocycles. The quantitative estimate of drug-likeness (QED) is 0.789. The average molecular weight is 402 g/mol. The summed E-state index contributed by atoms with van der Waals surface area (Å²) in [5.74, 6) is 3.38. The van der Waals surface area contributed by atoms with Gasteiger partial charge < -0.3 is 14.4 Å². The lowest BCUT2D eigenvalue weighted by Gasteiger charge is -2.38. The van der Waals surface area contributed by atoms with Crippen LogP contribution in [0.4, 0.5) is 5.82 Å². The smallest absolute Gasteiger partial charge is 0.242 e. The van der Waals surface area contributed by atoms with Crippen LogP contribution in [0, 0.1) is 6.92 Å². The van der Waals surface area contributed by atoms with Gasteiger partial charge in [0.05, 0.1) is 12.6 Å². The van der Waals surface area contributed by atoms with Gasteiger partial charge in [-0.3, -0.25) is 14.6 Å². The monoisotopic (exact) mass is 401 g/mol. The number of amides is 1. The number of nitrogens with zero attached hydrogens (tertiary/aromatic N) is 6. The van der Waals surface area contributed by atoms with Gasteiger partial charge in [-0.05, 0) is 26.2 Å². The summed E-state index contributed by atoms with van der Waals surface area (Å²) in [6.45, 7) is 9.32. The molecule has 2 aromatic heterocycles. The van der Waals surface area contributed by atoms with Crippen LogP contribution in [0.25, 0.3) is 0 Å². The number of aromatic nitrogens is 4. The van der Waals surface area contributed by atoms with Crippen LogP contribution in [-0.4, -0.2) is 67.8 Å². The maximum Gasteiger partial charge on any atom is 0.242 e. The number of anilines is 1. The highest BCUT2D eigenvalue weighted by atomic mass is 16.5.